The van der Waals surface area contributed by atoms with E-state index in [-0.39, 0.29) is 16.4 Å². The van der Waals surface area contributed by atoms with Crippen LogP contribution in [0.1, 0.15) is 57.4 Å². The first-order valence-corrected chi connectivity index (χ1v) is 15.1. The molecule has 36 heavy (non-hydrogen) atoms. The van der Waals surface area contributed by atoms with Gasteiger partial charge in [0.05, 0.1) is 11.5 Å². The zero-order valence-corrected chi connectivity index (χ0v) is 22.4. The minimum absolute atomic E-state index is 0.00275. The summed E-state index contributed by atoms with van der Waals surface area (Å²) in [6.07, 6.45) is 10.4. The molecular weight excluding hydrogens is 496 g/mol. The highest BCUT2D eigenvalue weighted by Crippen LogP contribution is 2.28. The van der Waals surface area contributed by atoms with Crippen LogP contribution in [0, 0.1) is 0 Å². The lowest BCUT2D eigenvalue weighted by molar-refractivity contribution is 0.357. The van der Waals surface area contributed by atoms with Crippen LogP contribution in [0.15, 0.2) is 89.2 Å². The largest absolute Gasteiger partial charge is 0.297 e. The van der Waals surface area contributed by atoms with E-state index in [9.17, 15) is 21.4 Å². The quantitative estimate of drug-likeness (QED) is 0.111. The van der Waals surface area contributed by atoms with Gasteiger partial charge in [0.15, 0.2) is 0 Å². The van der Waals surface area contributed by atoms with Crippen molar-refractivity contribution in [2.24, 2.45) is 0 Å². The molecule has 0 aliphatic rings. The van der Waals surface area contributed by atoms with Crippen molar-refractivity contribution in [1.29, 1.82) is 0 Å². The van der Waals surface area contributed by atoms with E-state index in [1.165, 1.54) is 50.3 Å². The minimum Gasteiger partial charge on any atom is -0.282 e. The minimum atomic E-state index is -4.21. The first kappa shape index (κ1) is 29.7. The van der Waals surface area contributed by atoms with E-state index in [1.54, 1.807) is 30.3 Å². The molecule has 0 aromatic heterocycles. The normalized spacial score (nSPS) is 11.6. The second-order valence-corrected chi connectivity index (χ2v) is 11.4. The van der Waals surface area contributed by atoms with Crippen LogP contribution in [-0.4, -0.2) is 28.0 Å². The van der Waals surface area contributed by atoms with Crippen molar-refractivity contribution in [3.05, 3.63) is 84.9 Å². The molecule has 0 aliphatic carbocycles. The van der Waals surface area contributed by atoms with Crippen LogP contribution in [-0.2, 0) is 30.8 Å². The van der Waals surface area contributed by atoms with Gasteiger partial charge in [-0.2, -0.15) is 16.8 Å². The Kier molecular flexibility index (Phi) is 12.3. The lowest BCUT2D eigenvalue weighted by atomic mass is 10.0. The molecule has 0 aliphatic heterocycles. The Morgan fingerprint density at radius 3 is 2.06 bits per heavy atom. The highest BCUT2D eigenvalue weighted by molar-refractivity contribution is 7.86. The van der Waals surface area contributed by atoms with Gasteiger partial charge in [-0.1, -0.05) is 106 Å². The van der Waals surface area contributed by atoms with Gasteiger partial charge in [-0.05, 0) is 35.9 Å². The van der Waals surface area contributed by atoms with Crippen molar-refractivity contribution in [1.82, 2.24) is 0 Å². The maximum absolute atomic E-state index is 11.8. The first-order valence-electron chi connectivity index (χ1n) is 12.2. The van der Waals surface area contributed by atoms with Crippen LogP contribution in [0.3, 0.4) is 0 Å². The molecule has 0 heterocycles. The monoisotopic (exact) mass is 532 g/mol. The molecule has 0 saturated heterocycles. The highest BCUT2D eigenvalue weighted by Gasteiger charge is 2.18. The number of hydrogen-bond donors (Lipinski definition) is 1. The van der Waals surface area contributed by atoms with Crippen molar-refractivity contribution in [2.45, 2.75) is 68.1 Å². The zero-order chi connectivity index (χ0) is 26.4. The third-order valence-corrected chi connectivity index (χ3v) is 7.94. The van der Waals surface area contributed by atoms with E-state index >= 15 is 0 Å². The molecule has 3 aromatic rings. The Hall–Kier alpha value is -2.52. The molecule has 0 radical (unpaired) electrons. The Bertz CT molecular complexity index is 1300. The molecule has 1 N–H and O–H groups in total. The molecule has 3 aromatic carbocycles. The smallest absolute Gasteiger partial charge is 0.282 e. The Labute approximate surface area is 215 Å². The summed E-state index contributed by atoms with van der Waals surface area (Å²) < 4.78 is 60.6. The predicted octanol–water partition coefficient (Wildman–Crippen LogP) is 6.96. The SMILES string of the molecule is C=CCOS(=O)(=O)c1ccccc1.CCCCCCCCCc1ccc2ccccc2c1S(=O)(=O)O. The van der Waals surface area contributed by atoms with Crippen LogP contribution in [0.25, 0.3) is 10.8 Å². The van der Waals surface area contributed by atoms with Crippen LogP contribution >= 0.6 is 0 Å². The van der Waals surface area contributed by atoms with Gasteiger partial charge in [0, 0.05) is 5.39 Å². The zero-order valence-electron chi connectivity index (χ0n) is 20.8. The summed E-state index contributed by atoms with van der Waals surface area (Å²) in [5, 5.41) is 1.44. The summed E-state index contributed by atoms with van der Waals surface area (Å²) >= 11 is 0. The summed E-state index contributed by atoms with van der Waals surface area (Å²) in [4.78, 5) is 0.249. The van der Waals surface area contributed by atoms with Crippen molar-refractivity contribution >= 4 is 31.0 Å². The van der Waals surface area contributed by atoms with Crippen LogP contribution in [0.2, 0.25) is 0 Å². The fourth-order valence-electron chi connectivity index (χ4n) is 3.86. The van der Waals surface area contributed by atoms with Gasteiger partial charge >= 0.3 is 0 Å². The Morgan fingerprint density at radius 1 is 0.806 bits per heavy atom. The van der Waals surface area contributed by atoms with E-state index in [0.717, 1.165) is 23.8 Å². The maximum Gasteiger partial charge on any atom is 0.297 e. The lowest BCUT2D eigenvalue weighted by Crippen LogP contribution is -2.05. The predicted molar refractivity (Wildman–Crippen MR) is 145 cm³/mol. The topological polar surface area (TPSA) is 97.7 Å². The van der Waals surface area contributed by atoms with E-state index in [4.69, 9.17) is 0 Å². The highest BCUT2D eigenvalue weighted by atomic mass is 32.2. The van der Waals surface area contributed by atoms with Gasteiger partial charge in [0.2, 0.25) is 0 Å². The van der Waals surface area contributed by atoms with Gasteiger partial charge in [-0.15, -0.1) is 6.58 Å². The van der Waals surface area contributed by atoms with Crippen molar-refractivity contribution in [2.75, 3.05) is 6.61 Å². The second-order valence-electron chi connectivity index (χ2n) is 8.46. The maximum atomic E-state index is 11.8. The molecule has 8 heteroatoms. The second kappa shape index (κ2) is 14.9. The molecule has 6 nitrogen and oxygen atoms in total. The van der Waals surface area contributed by atoms with Gasteiger partial charge in [0.25, 0.3) is 20.2 Å². The first-order chi connectivity index (χ1) is 17.2. The lowest BCUT2D eigenvalue weighted by Gasteiger charge is -2.11. The molecule has 196 valence electrons. The van der Waals surface area contributed by atoms with E-state index in [0.29, 0.717) is 11.8 Å². The third-order valence-electron chi connectivity index (χ3n) is 5.64. The standard InChI is InChI=1S/C19H26O3S.C9H10O3S/c1-2-3-4-5-6-7-8-12-17-15-14-16-11-9-10-13-18(16)19(17)23(20,21)22;1-2-8-12-13(10,11)9-6-4-3-5-7-9/h9-11,13-15H,2-8,12H2,1H3,(H,20,21,22);2-7H,1,8H2. The molecule has 0 saturated carbocycles. The summed E-state index contributed by atoms with van der Waals surface area (Å²) in [5.74, 6) is 0. The van der Waals surface area contributed by atoms with Gasteiger partial charge in [-0.3, -0.25) is 8.74 Å². The van der Waals surface area contributed by atoms with E-state index in [1.807, 2.05) is 24.3 Å². The average Bonchev–Trinajstić information content (AvgIpc) is 2.87. The molecule has 0 bridgehead atoms. The third kappa shape index (κ3) is 9.50. The summed E-state index contributed by atoms with van der Waals surface area (Å²) in [5.41, 5.74) is 0.722. The fraction of sp³-hybridized carbons (Fsp3) is 0.357. The van der Waals surface area contributed by atoms with Gasteiger partial charge in [0.1, 0.15) is 4.90 Å². The van der Waals surface area contributed by atoms with Gasteiger partial charge in [-0.25, -0.2) is 0 Å². The van der Waals surface area contributed by atoms with Crippen LogP contribution in [0.5, 0.6) is 0 Å². The number of unbranched alkanes of at least 4 members (excludes halogenated alkanes) is 6. The Morgan fingerprint density at radius 2 is 1.42 bits per heavy atom. The van der Waals surface area contributed by atoms with Crippen molar-refractivity contribution in [3.63, 3.8) is 0 Å². The molecular formula is C28H36O6S2. The average molecular weight is 533 g/mol. The number of rotatable bonds is 13. The molecule has 0 unspecified atom stereocenters. The molecule has 0 fully saturated rings. The molecule has 0 amide bonds. The number of benzene rings is 3. The van der Waals surface area contributed by atoms with Crippen LogP contribution in [0.4, 0.5) is 0 Å². The van der Waals surface area contributed by atoms with Gasteiger partial charge < -0.3 is 0 Å². The number of hydrogen-bond acceptors (Lipinski definition) is 5. The van der Waals surface area contributed by atoms with E-state index < -0.39 is 20.2 Å². The number of fused-ring (bicyclic) bond motifs is 1. The van der Waals surface area contributed by atoms with Crippen molar-refractivity contribution in [3.8, 4) is 0 Å². The molecule has 0 spiro atoms. The van der Waals surface area contributed by atoms with E-state index in [2.05, 4.69) is 17.7 Å². The summed E-state index contributed by atoms with van der Waals surface area (Å²) in [6.45, 7) is 5.57. The van der Waals surface area contributed by atoms with Crippen LogP contribution < -0.4 is 0 Å². The van der Waals surface area contributed by atoms with Crippen molar-refractivity contribution < 1.29 is 25.6 Å². The molecule has 3 rings (SSSR count). The fourth-order valence-corrected chi connectivity index (χ4v) is 5.72. The molecule has 0 atom stereocenters. The Balaban J connectivity index is 0.000000297. The summed E-state index contributed by atoms with van der Waals surface area (Å²) in [6, 6.07) is 19.1. The summed E-state index contributed by atoms with van der Waals surface area (Å²) in [7, 11) is -7.81. The number of aryl methyl sites for hydroxylation is 1.